The van der Waals surface area contributed by atoms with Gasteiger partial charge in [0.2, 0.25) is 0 Å². The first kappa shape index (κ1) is 17.1. The molecular weight excluding hydrogens is 326 g/mol. The molecule has 3 heterocycles. The van der Waals surface area contributed by atoms with Crippen LogP contribution in [0.4, 0.5) is 5.82 Å². The number of nitrogens with zero attached hydrogens (tertiary/aromatic N) is 4. The summed E-state index contributed by atoms with van der Waals surface area (Å²) >= 11 is 6.15. The zero-order valence-electron chi connectivity index (χ0n) is 13.8. The number of nitrogens with one attached hydrogen (secondary N) is 1. The summed E-state index contributed by atoms with van der Waals surface area (Å²) in [6.07, 6.45) is 6.10. The van der Waals surface area contributed by atoms with E-state index in [2.05, 4.69) is 32.2 Å². The molecule has 0 amide bonds. The highest BCUT2D eigenvalue weighted by Gasteiger charge is 2.19. The number of rotatable bonds is 7. The van der Waals surface area contributed by atoms with Crippen LogP contribution in [0.1, 0.15) is 23.6 Å². The monoisotopic (exact) mass is 347 g/mol. The summed E-state index contributed by atoms with van der Waals surface area (Å²) in [6, 6.07) is 3.98. The minimum absolute atomic E-state index is 0.394. The highest BCUT2D eigenvalue weighted by Crippen LogP contribution is 2.24. The number of hydrogen-bond acceptors (Lipinski definition) is 6. The molecule has 0 unspecified atom stereocenters. The van der Waals surface area contributed by atoms with Crippen LogP contribution >= 0.6 is 11.6 Å². The molecule has 7 heteroatoms. The van der Waals surface area contributed by atoms with Gasteiger partial charge in [0.25, 0.3) is 0 Å². The maximum Gasteiger partial charge on any atom is 0.129 e. The second-order valence-corrected chi connectivity index (χ2v) is 6.43. The number of likely N-dealkylation sites (N-methyl/N-ethyl adjacent to an activating group) is 1. The average Bonchev–Trinajstić information content (AvgIpc) is 3.12. The van der Waals surface area contributed by atoms with Crippen LogP contribution in [0.2, 0.25) is 5.02 Å². The maximum atomic E-state index is 6.15. The fraction of sp³-hybridized carbons (Fsp3) is 0.471. The first-order valence-corrected chi connectivity index (χ1v) is 8.50. The van der Waals surface area contributed by atoms with Crippen LogP contribution in [0, 0.1) is 0 Å². The van der Waals surface area contributed by atoms with E-state index in [0.717, 1.165) is 56.3 Å². The van der Waals surface area contributed by atoms with Gasteiger partial charge in [0.1, 0.15) is 12.1 Å². The maximum absolute atomic E-state index is 6.15. The van der Waals surface area contributed by atoms with Crippen molar-refractivity contribution < 1.29 is 4.74 Å². The molecular formula is C17H22ClN5O. The molecule has 128 valence electrons. The van der Waals surface area contributed by atoms with Crippen LogP contribution in [0.25, 0.3) is 0 Å². The zero-order valence-corrected chi connectivity index (χ0v) is 14.5. The summed E-state index contributed by atoms with van der Waals surface area (Å²) in [7, 11) is 2.07. The lowest BCUT2D eigenvalue weighted by Crippen LogP contribution is -2.25. The smallest absolute Gasteiger partial charge is 0.129 e. The van der Waals surface area contributed by atoms with Crippen molar-refractivity contribution in [3.63, 3.8) is 0 Å². The molecule has 1 fully saturated rings. The predicted molar refractivity (Wildman–Crippen MR) is 94.3 cm³/mol. The van der Waals surface area contributed by atoms with Crippen LogP contribution < -0.4 is 5.32 Å². The molecule has 2 aromatic heterocycles. The van der Waals surface area contributed by atoms with Gasteiger partial charge >= 0.3 is 0 Å². The second kappa shape index (κ2) is 8.37. The molecule has 1 saturated heterocycles. The minimum Gasteiger partial charge on any atom is -0.381 e. The molecule has 1 aliphatic heterocycles. The molecule has 0 spiro atoms. The highest BCUT2D eigenvalue weighted by atomic mass is 35.5. The van der Waals surface area contributed by atoms with Gasteiger partial charge in [0, 0.05) is 50.6 Å². The van der Waals surface area contributed by atoms with Crippen LogP contribution in [0.5, 0.6) is 0 Å². The topological polar surface area (TPSA) is 63.2 Å². The van der Waals surface area contributed by atoms with E-state index in [-0.39, 0.29) is 0 Å². The fourth-order valence-corrected chi connectivity index (χ4v) is 2.92. The molecule has 1 atom stereocenters. The third kappa shape index (κ3) is 4.63. The number of aromatic nitrogens is 3. The van der Waals surface area contributed by atoms with Gasteiger partial charge in [-0.25, -0.2) is 9.97 Å². The Labute approximate surface area is 147 Å². The van der Waals surface area contributed by atoms with Crippen molar-refractivity contribution in [2.24, 2.45) is 0 Å². The van der Waals surface area contributed by atoms with Crippen molar-refractivity contribution in [1.82, 2.24) is 19.9 Å². The molecule has 6 nitrogen and oxygen atoms in total. The van der Waals surface area contributed by atoms with E-state index < -0.39 is 0 Å². The van der Waals surface area contributed by atoms with Crippen LogP contribution in [-0.2, 0) is 11.3 Å². The molecule has 24 heavy (non-hydrogen) atoms. The van der Waals surface area contributed by atoms with Crippen LogP contribution in [-0.4, -0.2) is 53.2 Å². The zero-order chi connectivity index (χ0) is 16.8. The van der Waals surface area contributed by atoms with Crippen LogP contribution in [0.3, 0.4) is 0 Å². The third-order valence-electron chi connectivity index (χ3n) is 4.13. The van der Waals surface area contributed by atoms with Gasteiger partial charge < -0.3 is 15.0 Å². The average molecular weight is 348 g/mol. The van der Waals surface area contributed by atoms with Crippen LogP contribution in [0.15, 0.2) is 30.9 Å². The van der Waals surface area contributed by atoms with Crippen molar-refractivity contribution in [3.8, 4) is 0 Å². The molecule has 0 radical (unpaired) electrons. The lowest BCUT2D eigenvalue weighted by Gasteiger charge is -2.18. The largest absolute Gasteiger partial charge is 0.381 e. The number of pyridine rings is 1. The van der Waals surface area contributed by atoms with Gasteiger partial charge in [-0.1, -0.05) is 11.6 Å². The summed E-state index contributed by atoms with van der Waals surface area (Å²) in [6.45, 7) is 4.05. The van der Waals surface area contributed by atoms with Crippen molar-refractivity contribution in [3.05, 3.63) is 47.1 Å². The molecule has 0 aliphatic carbocycles. The predicted octanol–water partition coefficient (Wildman–Crippen LogP) is 2.57. The van der Waals surface area contributed by atoms with E-state index in [0.29, 0.717) is 10.9 Å². The van der Waals surface area contributed by atoms with Gasteiger partial charge in [-0.2, -0.15) is 0 Å². The van der Waals surface area contributed by atoms with Gasteiger partial charge in [-0.05, 0) is 25.1 Å². The Morgan fingerprint density at radius 3 is 3.12 bits per heavy atom. The van der Waals surface area contributed by atoms with Crippen molar-refractivity contribution in [2.45, 2.75) is 18.9 Å². The Hall–Kier alpha value is -1.76. The molecule has 0 aromatic carbocycles. The first-order chi connectivity index (χ1) is 11.7. The lowest BCUT2D eigenvalue weighted by molar-refractivity contribution is 0.193. The molecule has 1 aliphatic rings. The Kier molecular flexibility index (Phi) is 5.96. The van der Waals surface area contributed by atoms with E-state index in [4.69, 9.17) is 16.3 Å². The normalized spacial score (nSPS) is 17.4. The summed E-state index contributed by atoms with van der Waals surface area (Å²) in [5.41, 5.74) is 2.14. The fourth-order valence-electron chi connectivity index (χ4n) is 2.74. The summed E-state index contributed by atoms with van der Waals surface area (Å²) in [5.74, 6) is 1.26. The van der Waals surface area contributed by atoms with Crippen molar-refractivity contribution >= 4 is 17.4 Å². The van der Waals surface area contributed by atoms with Gasteiger partial charge in [0.05, 0.1) is 17.3 Å². The molecule has 1 N–H and O–H groups in total. The summed E-state index contributed by atoms with van der Waals surface area (Å²) in [4.78, 5) is 14.9. The van der Waals surface area contributed by atoms with E-state index in [1.165, 1.54) is 0 Å². The highest BCUT2D eigenvalue weighted by molar-refractivity contribution is 6.31. The van der Waals surface area contributed by atoms with Gasteiger partial charge in [-0.15, -0.1) is 0 Å². The number of hydrogen-bond donors (Lipinski definition) is 1. The quantitative estimate of drug-likeness (QED) is 0.830. The molecule has 0 saturated carbocycles. The standard InChI is InChI=1S/C17H22ClN5O/c1-23(10-13-2-4-19-9-15(13)18)6-5-20-17-8-16(21-12-22-17)14-3-7-24-11-14/h2,4,8-9,12,14H,3,5-7,10-11H2,1H3,(H,20,21,22)/t14-/m0/s1. The molecule has 2 aromatic rings. The Morgan fingerprint density at radius 2 is 2.33 bits per heavy atom. The van der Waals surface area contributed by atoms with Crippen molar-refractivity contribution in [2.75, 3.05) is 38.7 Å². The number of anilines is 1. The first-order valence-electron chi connectivity index (χ1n) is 8.13. The third-order valence-corrected chi connectivity index (χ3v) is 4.47. The van der Waals surface area contributed by atoms with Gasteiger partial charge in [0.15, 0.2) is 0 Å². The number of halogens is 1. The van der Waals surface area contributed by atoms with E-state index in [1.807, 2.05) is 12.1 Å². The Morgan fingerprint density at radius 1 is 1.42 bits per heavy atom. The lowest BCUT2D eigenvalue weighted by atomic mass is 10.1. The molecule has 0 bridgehead atoms. The SMILES string of the molecule is CN(CCNc1cc([C@H]2CCOC2)ncn1)Cc1ccncc1Cl. The van der Waals surface area contributed by atoms with Crippen molar-refractivity contribution in [1.29, 1.82) is 0 Å². The summed E-state index contributed by atoms with van der Waals surface area (Å²) < 4.78 is 5.43. The summed E-state index contributed by atoms with van der Waals surface area (Å²) in [5, 5.41) is 4.07. The number of ether oxygens (including phenoxy) is 1. The second-order valence-electron chi connectivity index (χ2n) is 6.02. The molecule has 3 rings (SSSR count). The minimum atomic E-state index is 0.394. The Balaban J connectivity index is 1.47. The van der Waals surface area contributed by atoms with E-state index >= 15 is 0 Å². The van der Waals surface area contributed by atoms with E-state index in [9.17, 15) is 0 Å². The van der Waals surface area contributed by atoms with E-state index in [1.54, 1.807) is 18.7 Å². The van der Waals surface area contributed by atoms with Gasteiger partial charge in [-0.3, -0.25) is 4.98 Å². The Bertz CT molecular complexity index is 663.